The molecule has 4 aromatic rings. The highest BCUT2D eigenvalue weighted by molar-refractivity contribution is 9.10. The van der Waals surface area contributed by atoms with Gasteiger partial charge in [0.15, 0.2) is 11.5 Å². The van der Waals surface area contributed by atoms with Crippen molar-refractivity contribution in [3.05, 3.63) is 82.1 Å². The van der Waals surface area contributed by atoms with Crippen LogP contribution in [0.3, 0.4) is 0 Å². The van der Waals surface area contributed by atoms with Crippen molar-refractivity contribution >= 4 is 15.9 Å². The van der Waals surface area contributed by atoms with Crippen molar-refractivity contribution in [3.8, 4) is 34.0 Å². The average molecular weight is 448 g/mol. The van der Waals surface area contributed by atoms with Crippen LogP contribution < -0.4 is 9.47 Å². The van der Waals surface area contributed by atoms with E-state index in [4.69, 9.17) is 9.47 Å². The lowest BCUT2D eigenvalue weighted by atomic mass is 10.1. The Balaban J connectivity index is 1.49. The number of ether oxygens (including phenoxy) is 2. The summed E-state index contributed by atoms with van der Waals surface area (Å²) in [5.41, 5.74) is 7.66. The van der Waals surface area contributed by atoms with Crippen LogP contribution in [0.4, 0.5) is 0 Å². The van der Waals surface area contributed by atoms with Crippen molar-refractivity contribution in [3.63, 3.8) is 0 Å². The molecule has 2 heterocycles. The number of nitrogens with one attached hydrogen (secondary N) is 1. The Morgan fingerprint density at radius 2 is 1.97 bits per heavy atom. The summed E-state index contributed by atoms with van der Waals surface area (Å²) in [4.78, 5) is 4.14. The Morgan fingerprint density at radius 3 is 2.72 bits per heavy atom. The van der Waals surface area contributed by atoms with Crippen LogP contribution in [0.25, 0.3) is 22.5 Å². The van der Waals surface area contributed by atoms with Crippen molar-refractivity contribution in [1.29, 1.82) is 0 Å². The zero-order chi connectivity index (χ0) is 19.8. The third-order valence-electron chi connectivity index (χ3n) is 5.13. The zero-order valence-electron chi connectivity index (χ0n) is 15.8. The summed E-state index contributed by atoms with van der Waals surface area (Å²) >= 11 is 3.49. The Bertz CT molecular complexity index is 1170. The number of pyridine rings is 1. The predicted molar refractivity (Wildman–Crippen MR) is 115 cm³/mol. The summed E-state index contributed by atoms with van der Waals surface area (Å²) < 4.78 is 12.7. The first kappa shape index (κ1) is 17.9. The molecular weight excluding hydrogens is 430 g/mol. The Hall–Kier alpha value is -3.12. The monoisotopic (exact) mass is 447 g/mol. The van der Waals surface area contributed by atoms with E-state index in [9.17, 15) is 0 Å². The van der Waals surface area contributed by atoms with E-state index in [0.29, 0.717) is 12.4 Å². The molecule has 1 aliphatic rings. The lowest BCUT2D eigenvalue weighted by Crippen LogP contribution is -1.99. The Kier molecular flexibility index (Phi) is 4.56. The van der Waals surface area contributed by atoms with Gasteiger partial charge in [0.05, 0.1) is 18.5 Å². The number of hydrogen-bond acceptors (Lipinski definition) is 4. The largest absolute Gasteiger partial charge is 0.493 e. The first-order valence-electron chi connectivity index (χ1n) is 9.29. The van der Waals surface area contributed by atoms with E-state index < -0.39 is 0 Å². The standard InChI is InChI=1S/C23H18BrN3O2/c1-28-20-10-16-9-19-22(15-4-6-17(24)7-5-15)26-27-23(19)18(16)11-21(20)29-13-14-3-2-8-25-12-14/h2-8,10-12H,9,13H2,1H3,(H,26,27). The average Bonchev–Trinajstić information content (AvgIpc) is 3.32. The number of rotatable bonds is 5. The molecule has 5 nitrogen and oxygen atoms in total. The number of benzene rings is 2. The molecule has 144 valence electrons. The van der Waals surface area contributed by atoms with Gasteiger partial charge < -0.3 is 9.47 Å². The maximum Gasteiger partial charge on any atom is 0.162 e. The molecule has 0 aliphatic heterocycles. The minimum absolute atomic E-state index is 0.433. The number of methoxy groups -OCH3 is 1. The Labute approximate surface area is 176 Å². The normalized spacial score (nSPS) is 11.8. The molecule has 0 spiro atoms. The molecule has 0 amide bonds. The van der Waals surface area contributed by atoms with Crippen molar-refractivity contribution < 1.29 is 9.47 Å². The first-order valence-corrected chi connectivity index (χ1v) is 10.1. The fourth-order valence-corrected chi connectivity index (χ4v) is 3.96. The van der Waals surface area contributed by atoms with Crippen molar-refractivity contribution in [1.82, 2.24) is 15.2 Å². The molecule has 2 aromatic heterocycles. The van der Waals surface area contributed by atoms with E-state index in [-0.39, 0.29) is 0 Å². The van der Waals surface area contributed by atoms with Gasteiger partial charge in [-0.1, -0.05) is 34.1 Å². The number of fused-ring (bicyclic) bond motifs is 3. The maximum absolute atomic E-state index is 6.05. The van der Waals surface area contributed by atoms with Crippen LogP contribution in [-0.2, 0) is 13.0 Å². The van der Waals surface area contributed by atoms with Crippen LogP contribution in [0, 0.1) is 0 Å². The van der Waals surface area contributed by atoms with Gasteiger partial charge in [0.1, 0.15) is 6.61 Å². The molecule has 0 saturated heterocycles. The highest BCUT2D eigenvalue weighted by Crippen LogP contribution is 2.44. The van der Waals surface area contributed by atoms with Crippen molar-refractivity contribution in [2.24, 2.45) is 0 Å². The second-order valence-corrected chi connectivity index (χ2v) is 7.84. The summed E-state index contributed by atoms with van der Waals surface area (Å²) in [5.74, 6) is 1.44. The van der Waals surface area contributed by atoms with Gasteiger partial charge in [-0.15, -0.1) is 0 Å². The Morgan fingerprint density at radius 1 is 1.10 bits per heavy atom. The zero-order valence-corrected chi connectivity index (χ0v) is 17.4. The fraction of sp³-hybridized carbons (Fsp3) is 0.130. The van der Waals surface area contributed by atoms with Crippen LogP contribution in [0.15, 0.2) is 65.4 Å². The van der Waals surface area contributed by atoms with Crippen LogP contribution in [0.1, 0.15) is 16.7 Å². The van der Waals surface area contributed by atoms with Gasteiger partial charge >= 0.3 is 0 Å². The number of H-pyrrole nitrogens is 1. The van der Waals surface area contributed by atoms with Gasteiger partial charge in [0.25, 0.3) is 0 Å². The molecule has 5 rings (SSSR count). The van der Waals surface area contributed by atoms with Gasteiger partial charge in [0.2, 0.25) is 0 Å². The molecule has 0 fully saturated rings. The van der Waals surface area contributed by atoms with E-state index in [1.54, 1.807) is 19.5 Å². The number of hydrogen-bond donors (Lipinski definition) is 1. The molecule has 6 heteroatoms. The lowest BCUT2D eigenvalue weighted by Gasteiger charge is -2.13. The van der Waals surface area contributed by atoms with Gasteiger partial charge in [-0.2, -0.15) is 5.10 Å². The number of aromatic amines is 1. The molecule has 0 radical (unpaired) electrons. The second kappa shape index (κ2) is 7.37. The van der Waals surface area contributed by atoms with Gasteiger partial charge in [-0.25, -0.2) is 0 Å². The maximum atomic E-state index is 6.05. The molecule has 0 saturated carbocycles. The topological polar surface area (TPSA) is 60.0 Å². The van der Waals surface area contributed by atoms with Crippen LogP contribution in [-0.4, -0.2) is 22.3 Å². The van der Waals surface area contributed by atoms with Crippen LogP contribution in [0.2, 0.25) is 0 Å². The summed E-state index contributed by atoms with van der Waals surface area (Å²) in [6, 6.07) is 16.2. The second-order valence-electron chi connectivity index (χ2n) is 6.92. The van der Waals surface area contributed by atoms with Crippen LogP contribution >= 0.6 is 15.9 Å². The lowest BCUT2D eigenvalue weighted by molar-refractivity contribution is 0.284. The van der Waals surface area contributed by atoms with E-state index in [0.717, 1.165) is 44.7 Å². The summed E-state index contributed by atoms with van der Waals surface area (Å²) in [7, 11) is 1.67. The molecule has 0 atom stereocenters. The molecule has 0 bridgehead atoms. The quantitative estimate of drug-likeness (QED) is 0.392. The minimum atomic E-state index is 0.433. The van der Waals surface area contributed by atoms with Gasteiger partial charge in [-0.05, 0) is 35.9 Å². The molecular formula is C23H18BrN3O2. The van der Waals surface area contributed by atoms with Crippen LogP contribution in [0.5, 0.6) is 11.5 Å². The van der Waals surface area contributed by atoms with E-state index in [1.807, 2.05) is 30.3 Å². The van der Waals surface area contributed by atoms with E-state index in [1.165, 1.54) is 11.1 Å². The number of aromatic nitrogens is 3. The molecule has 0 unspecified atom stereocenters. The summed E-state index contributed by atoms with van der Waals surface area (Å²) in [5, 5.41) is 7.81. The third kappa shape index (κ3) is 3.29. The minimum Gasteiger partial charge on any atom is -0.493 e. The third-order valence-corrected chi connectivity index (χ3v) is 5.66. The molecule has 29 heavy (non-hydrogen) atoms. The first-order chi connectivity index (χ1) is 14.2. The summed E-state index contributed by atoms with van der Waals surface area (Å²) in [6.45, 7) is 0.433. The molecule has 1 aliphatic carbocycles. The SMILES string of the molecule is COc1cc2c(cc1OCc1cccnc1)-c1[nH]nc(-c3ccc(Br)cc3)c1C2. The van der Waals surface area contributed by atoms with E-state index >= 15 is 0 Å². The molecule has 2 aromatic carbocycles. The highest BCUT2D eigenvalue weighted by Gasteiger charge is 2.27. The smallest absolute Gasteiger partial charge is 0.162 e. The highest BCUT2D eigenvalue weighted by atomic mass is 79.9. The number of halogens is 1. The van der Waals surface area contributed by atoms with E-state index in [2.05, 4.69) is 49.3 Å². The predicted octanol–water partition coefficient (Wildman–Crippen LogP) is 5.39. The van der Waals surface area contributed by atoms with Crippen molar-refractivity contribution in [2.45, 2.75) is 13.0 Å². The fourth-order valence-electron chi connectivity index (χ4n) is 3.69. The summed E-state index contributed by atoms with van der Waals surface area (Å²) in [6.07, 6.45) is 4.37. The molecule has 1 N–H and O–H groups in total. The van der Waals surface area contributed by atoms with Crippen molar-refractivity contribution in [2.75, 3.05) is 7.11 Å². The number of nitrogens with zero attached hydrogens (tertiary/aromatic N) is 2. The van der Waals surface area contributed by atoms with Gasteiger partial charge in [0, 0.05) is 45.5 Å². The van der Waals surface area contributed by atoms with Gasteiger partial charge in [-0.3, -0.25) is 10.1 Å².